The maximum Gasteiger partial charge on any atom is 0.0318 e. The first-order valence-electron chi connectivity index (χ1n) is 13.8. The van der Waals surface area contributed by atoms with Gasteiger partial charge in [0.05, 0.1) is 0 Å². The van der Waals surface area contributed by atoms with Crippen LogP contribution in [0, 0.1) is 5.92 Å². The summed E-state index contributed by atoms with van der Waals surface area (Å²) < 4.78 is 0. The Morgan fingerprint density at radius 1 is 1.08 bits per heavy atom. The van der Waals surface area contributed by atoms with Crippen LogP contribution in [0.2, 0.25) is 0 Å². The molecule has 37 heavy (non-hydrogen) atoms. The van der Waals surface area contributed by atoms with Crippen LogP contribution < -0.4 is 15.8 Å². The molecule has 0 aromatic heterocycles. The molecule has 1 aromatic carbocycles. The third-order valence-corrected chi connectivity index (χ3v) is 7.96. The highest BCUT2D eigenvalue weighted by Gasteiger charge is 2.39. The summed E-state index contributed by atoms with van der Waals surface area (Å²) in [7, 11) is 6.37. The lowest BCUT2D eigenvalue weighted by atomic mass is 9.78. The van der Waals surface area contributed by atoms with Gasteiger partial charge in [-0.2, -0.15) is 0 Å². The Bertz CT molecular complexity index is 1210. The van der Waals surface area contributed by atoms with Gasteiger partial charge in [0.25, 0.3) is 0 Å². The van der Waals surface area contributed by atoms with Crippen LogP contribution >= 0.6 is 0 Å². The van der Waals surface area contributed by atoms with E-state index in [2.05, 4.69) is 134 Å². The summed E-state index contributed by atoms with van der Waals surface area (Å²) in [5.74, 6) is 0.367. The quantitative estimate of drug-likeness (QED) is 0.478. The number of benzene rings is 1. The molecule has 0 radical (unpaired) electrons. The minimum absolute atomic E-state index is 0.123. The van der Waals surface area contributed by atoms with Crippen LogP contribution in [-0.2, 0) is 0 Å². The SMILES string of the molecule is C=C(C(C)CC1=C(C)CC(C)=CC(c2ccc(=C)/c(=C\N(C)C)c2)=C1)N(C)C1CC(C)(C)NC(C)(C)C1. The molecule has 1 saturated heterocycles. The fraction of sp³-hybridized carbons (Fsp3) is 0.529. The number of allylic oxidation sites excluding steroid dienone is 7. The van der Waals surface area contributed by atoms with Crippen molar-refractivity contribution in [3.8, 4) is 0 Å². The van der Waals surface area contributed by atoms with E-state index in [9.17, 15) is 0 Å². The van der Waals surface area contributed by atoms with Crippen LogP contribution in [-0.4, -0.2) is 48.1 Å². The molecule has 0 bridgehead atoms. The van der Waals surface area contributed by atoms with Gasteiger partial charge in [-0.3, -0.25) is 0 Å². The van der Waals surface area contributed by atoms with E-state index in [-0.39, 0.29) is 11.1 Å². The molecule has 2 aliphatic rings. The zero-order valence-corrected chi connectivity index (χ0v) is 25.3. The van der Waals surface area contributed by atoms with Gasteiger partial charge < -0.3 is 15.1 Å². The molecule has 0 spiro atoms. The fourth-order valence-electron chi connectivity index (χ4n) is 6.35. The molecule has 1 N–H and O–H groups in total. The predicted octanol–water partition coefficient (Wildman–Crippen LogP) is 6.23. The van der Waals surface area contributed by atoms with Crippen molar-refractivity contribution in [3.05, 3.63) is 75.3 Å². The largest absolute Gasteiger partial charge is 0.383 e. The van der Waals surface area contributed by atoms with Crippen molar-refractivity contribution in [1.29, 1.82) is 0 Å². The molecule has 1 fully saturated rings. The first kappa shape index (κ1) is 29.0. The lowest BCUT2D eigenvalue weighted by molar-refractivity contribution is 0.0937. The average Bonchev–Trinajstić information content (AvgIpc) is 2.89. The number of nitrogens with one attached hydrogen (secondary N) is 1. The molecule has 3 heteroatoms. The smallest absolute Gasteiger partial charge is 0.0318 e. The Morgan fingerprint density at radius 2 is 1.70 bits per heavy atom. The highest BCUT2D eigenvalue weighted by atomic mass is 15.2. The van der Waals surface area contributed by atoms with E-state index in [1.807, 2.05) is 0 Å². The predicted molar refractivity (Wildman–Crippen MR) is 163 cm³/mol. The summed E-state index contributed by atoms with van der Waals surface area (Å²) in [6.07, 6.45) is 11.2. The molecular formula is C34H51N3. The van der Waals surface area contributed by atoms with E-state index in [1.54, 1.807) is 0 Å². The third kappa shape index (κ3) is 7.51. The molecule has 1 aliphatic carbocycles. The zero-order chi connectivity index (χ0) is 27.7. The topological polar surface area (TPSA) is 18.5 Å². The molecule has 1 atom stereocenters. The first-order chi connectivity index (χ1) is 17.1. The number of piperidine rings is 1. The van der Waals surface area contributed by atoms with Gasteiger partial charge in [0.1, 0.15) is 0 Å². The number of rotatable bonds is 7. The average molecular weight is 502 g/mol. The number of nitrogens with zero attached hydrogens (tertiary/aromatic N) is 2. The van der Waals surface area contributed by atoms with Crippen LogP contribution in [0.15, 0.2) is 59.3 Å². The third-order valence-electron chi connectivity index (χ3n) is 7.96. The van der Waals surface area contributed by atoms with Gasteiger partial charge in [-0.15, -0.1) is 0 Å². The Balaban J connectivity index is 1.87. The normalized spacial score (nSPS) is 21.2. The van der Waals surface area contributed by atoms with Crippen molar-refractivity contribution in [2.24, 2.45) is 5.92 Å². The molecule has 1 heterocycles. The zero-order valence-electron chi connectivity index (χ0n) is 25.3. The molecule has 1 aliphatic heterocycles. The highest BCUT2D eigenvalue weighted by molar-refractivity contribution is 5.78. The van der Waals surface area contributed by atoms with Gasteiger partial charge in [0.2, 0.25) is 0 Å². The van der Waals surface area contributed by atoms with Crippen LogP contribution in [0.5, 0.6) is 0 Å². The fourth-order valence-corrected chi connectivity index (χ4v) is 6.35. The highest BCUT2D eigenvalue weighted by Crippen LogP contribution is 2.36. The molecule has 0 amide bonds. The summed E-state index contributed by atoms with van der Waals surface area (Å²) >= 11 is 0. The summed E-state index contributed by atoms with van der Waals surface area (Å²) in [5.41, 5.74) is 8.32. The Labute approximate surface area is 227 Å². The van der Waals surface area contributed by atoms with Crippen molar-refractivity contribution in [1.82, 2.24) is 15.1 Å². The van der Waals surface area contributed by atoms with E-state index in [4.69, 9.17) is 0 Å². The van der Waals surface area contributed by atoms with E-state index in [0.29, 0.717) is 12.0 Å². The van der Waals surface area contributed by atoms with Gasteiger partial charge in [-0.1, -0.05) is 55.5 Å². The summed E-state index contributed by atoms with van der Waals surface area (Å²) in [5, 5.41) is 6.04. The van der Waals surface area contributed by atoms with Crippen molar-refractivity contribution in [2.45, 2.75) is 91.3 Å². The van der Waals surface area contributed by atoms with Crippen molar-refractivity contribution >= 4 is 18.4 Å². The van der Waals surface area contributed by atoms with Gasteiger partial charge >= 0.3 is 0 Å². The second kappa shape index (κ2) is 11.1. The van der Waals surface area contributed by atoms with Crippen LogP contribution in [0.25, 0.3) is 18.4 Å². The lowest BCUT2D eigenvalue weighted by Crippen LogP contribution is -2.61. The Morgan fingerprint density at radius 3 is 2.30 bits per heavy atom. The Hall–Kier alpha value is -2.52. The number of hydrogen-bond donors (Lipinski definition) is 1. The standard InChI is InChI=1S/C34H51N3/c1-23-15-26(4)29(19-30(16-23)28-14-13-24(2)31(18-28)22-36(10)11)17-25(3)27(5)37(12)32-20-33(6,7)35-34(8,9)21-32/h13-14,16,18-19,22,25,32,35H,2,5,15,17,20-21H2,1,3-4,6-12H3/b31-22-. The van der Waals surface area contributed by atoms with Crippen molar-refractivity contribution in [2.75, 3.05) is 21.1 Å². The molecule has 3 nitrogen and oxygen atoms in total. The molecule has 3 rings (SSSR count). The van der Waals surface area contributed by atoms with Gasteiger partial charge in [-0.25, -0.2) is 0 Å². The maximum absolute atomic E-state index is 4.61. The monoisotopic (exact) mass is 501 g/mol. The van der Waals surface area contributed by atoms with Gasteiger partial charge in [-0.05, 0) is 106 Å². The van der Waals surface area contributed by atoms with Crippen LogP contribution in [0.1, 0.15) is 79.7 Å². The summed E-state index contributed by atoms with van der Waals surface area (Å²) in [6.45, 7) is 25.0. The summed E-state index contributed by atoms with van der Waals surface area (Å²) in [4.78, 5) is 4.56. The maximum atomic E-state index is 4.61. The van der Waals surface area contributed by atoms with Crippen molar-refractivity contribution < 1.29 is 0 Å². The van der Waals surface area contributed by atoms with Gasteiger partial charge in [0.15, 0.2) is 0 Å². The van der Waals surface area contributed by atoms with Crippen molar-refractivity contribution in [3.63, 3.8) is 0 Å². The second-order valence-corrected chi connectivity index (χ2v) is 13.2. The van der Waals surface area contributed by atoms with E-state index in [0.717, 1.165) is 36.1 Å². The Kier molecular flexibility index (Phi) is 8.69. The minimum atomic E-state index is 0.123. The number of hydrogen-bond acceptors (Lipinski definition) is 3. The van der Waals surface area contributed by atoms with Gasteiger partial charge in [0, 0.05) is 50.2 Å². The van der Waals surface area contributed by atoms with Crippen LogP contribution in [0.3, 0.4) is 0 Å². The van der Waals surface area contributed by atoms with E-state index >= 15 is 0 Å². The van der Waals surface area contributed by atoms with E-state index < -0.39 is 0 Å². The molecule has 1 unspecified atom stereocenters. The molecule has 202 valence electrons. The molecular weight excluding hydrogens is 450 g/mol. The lowest BCUT2D eigenvalue weighted by Gasteiger charge is -2.50. The minimum Gasteiger partial charge on any atom is -0.383 e. The van der Waals surface area contributed by atoms with E-state index in [1.165, 1.54) is 33.6 Å². The van der Waals surface area contributed by atoms with Crippen LogP contribution in [0.4, 0.5) is 0 Å². The summed E-state index contributed by atoms with van der Waals surface area (Å²) in [6, 6.07) is 7.11. The molecule has 1 aromatic rings. The molecule has 0 saturated carbocycles. The second-order valence-electron chi connectivity index (χ2n) is 13.2. The first-order valence-corrected chi connectivity index (χ1v) is 13.8.